The number of aromatic nitrogens is 2. The van der Waals surface area contributed by atoms with E-state index in [1.807, 2.05) is 39.0 Å². The monoisotopic (exact) mass is 449 g/mol. The average molecular weight is 450 g/mol. The first-order chi connectivity index (χ1) is 15.0. The molecule has 4 rings (SSSR count). The standard InChI is InChI=1S/C24H23N3O2S2/c1-15-11-16(2)22(17(3)12-15)29-13-21(28)25-23-26-27-24(31-23)30-14-19-9-6-8-18-7-4-5-10-20(18)19/h4-12H,13-14H2,1-3H3,(H,25,26,28). The van der Waals surface area contributed by atoms with Gasteiger partial charge in [-0.2, -0.15) is 0 Å². The van der Waals surface area contributed by atoms with Crippen LogP contribution in [0, 0.1) is 20.8 Å². The molecule has 7 heteroatoms. The van der Waals surface area contributed by atoms with Crippen LogP contribution in [0.1, 0.15) is 22.3 Å². The van der Waals surface area contributed by atoms with Crippen LogP contribution in [0.25, 0.3) is 10.8 Å². The zero-order chi connectivity index (χ0) is 21.8. The number of aryl methyl sites for hydroxylation is 3. The Labute approximate surface area is 189 Å². The van der Waals surface area contributed by atoms with Crippen LogP contribution >= 0.6 is 23.1 Å². The molecule has 0 aliphatic carbocycles. The summed E-state index contributed by atoms with van der Waals surface area (Å²) < 4.78 is 6.56. The van der Waals surface area contributed by atoms with Crippen molar-refractivity contribution in [2.45, 2.75) is 30.9 Å². The van der Waals surface area contributed by atoms with Crippen molar-refractivity contribution in [3.05, 3.63) is 76.9 Å². The van der Waals surface area contributed by atoms with E-state index in [0.29, 0.717) is 5.13 Å². The van der Waals surface area contributed by atoms with Gasteiger partial charge in [0.05, 0.1) is 0 Å². The van der Waals surface area contributed by atoms with Gasteiger partial charge in [-0.1, -0.05) is 83.3 Å². The highest BCUT2D eigenvalue weighted by atomic mass is 32.2. The molecule has 0 aliphatic rings. The minimum atomic E-state index is -0.249. The molecule has 0 spiro atoms. The Hall–Kier alpha value is -2.90. The summed E-state index contributed by atoms with van der Waals surface area (Å²) in [5.74, 6) is 1.30. The molecule has 0 fully saturated rings. The molecule has 1 aromatic heterocycles. The summed E-state index contributed by atoms with van der Waals surface area (Å²) in [7, 11) is 0. The van der Waals surface area contributed by atoms with Crippen molar-refractivity contribution in [2.75, 3.05) is 11.9 Å². The maximum Gasteiger partial charge on any atom is 0.264 e. The van der Waals surface area contributed by atoms with Crippen LogP contribution in [0.4, 0.5) is 5.13 Å². The number of carbonyl (C=O) groups excluding carboxylic acids is 1. The zero-order valence-electron chi connectivity index (χ0n) is 17.6. The second kappa shape index (κ2) is 9.49. The molecule has 0 atom stereocenters. The van der Waals surface area contributed by atoms with E-state index in [0.717, 1.165) is 27.0 Å². The number of thioether (sulfide) groups is 1. The largest absolute Gasteiger partial charge is 0.483 e. The number of nitrogens with one attached hydrogen (secondary N) is 1. The summed E-state index contributed by atoms with van der Waals surface area (Å²) >= 11 is 2.98. The van der Waals surface area contributed by atoms with Crippen LogP contribution in [0.5, 0.6) is 5.75 Å². The Balaban J connectivity index is 1.33. The minimum Gasteiger partial charge on any atom is -0.483 e. The van der Waals surface area contributed by atoms with E-state index >= 15 is 0 Å². The highest BCUT2D eigenvalue weighted by molar-refractivity contribution is 8.00. The Bertz CT molecular complexity index is 1210. The lowest BCUT2D eigenvalue weighted by Crippen LogP contribution is -2.20. The van der Waals surface area contributed by atoms with Gasteiger partial charge in [-0.25, -0.2) is 0 Å². The number of ether oxygens (including phenoxy) is 1. The molecule has 1 amide bonds. The molecular weight excluding hydrogens is 426 g/mol. The molecule has 5 nitrogen and oxygen atoms in total. The number of carbonyl (C=O) groups is 1. The maximum atomic E-state index is 12.3. The van der Waals surface area contributed by atoms with Crippen LogP contribution in [-0.2, 0) is 10.5 Å². The highest BCUT2D eigenvalue weighted by Crippen LogP contribution is 2.31. The van der Waals surface area contributed by atoms with E-state index in [2.05, 4.69) is 51.9 Å². The summed E-state index contributed by atoms with van der Waals surface area (Å²) in [6.45, 7) is 5.94. The molecule has 3 aromatic carbocycles. The van der Waals surface area contributed by atoms with Gasteiger partial charge in [-0.05, 0) is 48.2 Å². The SMILES string of the molecule is Cc1cc(C)c(OCC(=O)Nc2nnc(SCc3cccc4ccccc34)s2)c(C)c1. The number of hydrogen-bond acceptors (Lipinski definition) is 6. The van der Waals surface area contributed by atoms with Gasteiger partial charge < -0.3 is 4.74 Å². The number of fused-ring (bicyclic) bond motifs is 1. The normalized spacial score (nSPS) is 10.9. The summed E-state index contributed by atoms with van der Waals surface area (Å²) in [5, 5.41) is 14.0. The molecule has 31 heavy (non-hydrogen) atoms. The lowest BCUT2D eigenvalue weighted by Gasteiger charge is -2.12. The number of benzene rings is 3. The molecule has 4 aromatic rings. The molecule has 158 valence electrons. The Morgan fingerprint density at radius 3 is 2.58 bits per heavy atom. The van der Waals surface area contributed by atoms with Crippen molar-refractivity contribution in [1.29, 1.82) is 0 Å². The van der Waals surface area contributed by atoms with E-state index in [9.17, 15) is 4.79 Å². The van der Waals surface area contributed by atoms with Crippen LogP contribution in [0.15, 0.2) is 58.9 Å². The third kappa shape index (κ3) is 5.24. The van der Waals surface area contributed by atoms with Gasteiger partial charge in [0, 0.05) is 5.75 Å². The molecule has 0 saturated heterocycles. The number of anilines is 1. The third-order valence-corrected chi connectivity index (χ3v) is 6.86. The predicted octanol–water partition coefficient (Wildman–Crippen LogP) is 5.93. The number of amides is 1. The first-order valence-corrected chi connectivity index (χ1v) is 11.7. The zero-order valence-corrected chi connectivity index (χ0v) is 19.3. The number of nitrogens with zero attached hydrogens (tertiary/aromatic N) is 2. The Morgan fingerprint density at radius 2 is 1.77 bits per heavy atom. The van der Waals surface area contributed by atoms with E-state index < -0.39 is 0 Å². The van der Waals surface area contributed by atoms with Gasteiger partial charge in [0.2, 0.25) is 5.13 Å². The molecular formula is C24H23N3O2S2. The first kappa shape index (κ1) is 21.3. The molecule has 0 aliphatic heterocycles. The van der Waals surface area contributed by atoms with Gasteiger partial charge in [-0.3, -0.25) is 10.1 Å². The molecule has 1 N–H and O–H groups in total. The summed E-state index contributed by atoms with van der Waals surface area (Å²) in [6, 6.07) is 18.8. The van der Waals surface area contributed by atoms with Gasteiger partial charge in [-0.15, -0.1) is 10.2 Å². The smallest absolute Gasteiger partial charge is 0.264 e. The van der Waals surface area contributed by atoms with E-state index in [4.69, 9.17) is 4.74 Å². The lowest BCUT2D eigenvalue weighted by atomic mass is 10.1. The minimum absolute atomic E-state index is 0.0667. The topological polar surface area (TPSA) is 64.1 Å². The number of rotatable bonds is 7. The second-order valence-electron chi connectivity index (χ2n) is 7.36. The molecule has 0 saturated carbocycles. The van der Waals surface area contributed by atoms with Crippen LogP contribution < -0.4 is 10.1 Å². The van der Waals surface area contributed by atoms with Crippen molar-refractivity contribution in [1.82, 2.24) is 10.2 Å². The van der Waals surface area contributed by atoms with Gasteiger partial charge in [0.25, 0.3) is 5.91 Å². The quantitative estimate of drug-likeness (QED) is 0.280. The fourth-order valence-corrected chi connectivity index (χ4v) is 5.34. The summed E-state index contributed by atoms with van der Waals surface area (Å²) in [4.78, 5) is 12.3. The van der Waals surface area contributed by atoms with Crippen LogP contribution in [0.3, 0.4) is 0 Å². The van der Waals surface area contributed by atoms with Crippen molar-refractivity contribution >= 4 is 44.9 Å². The number of hydrogen-bond donors (Lipinski definition) is 1. The summed E-state index contributed by atoms with van der Waals surface area (Å²) in [5.41, 5.74) is 4.47. The molecule has 1 heterocycles. The van der Waals surface area contributed by atoms with Crippen molar-refractivity contribution in [3.8, 4) is 5.75 Å². The predicted molar refractivity (Wildman–Crippen MR) is 128 cm³/mol. The van der Waals surface area contributed by atoms with Crippen LogP contribution in [-0.4, -0.2) is 22.7 Å². The van der Waals surface area contributed by atoms with Crippen LogP contribution in [0.2, 0.25) is 0 Å². The van der Waals surface area contributed by atoms with Gasteiger partial charge in [0.1, 0.15) is 5.75 Å². The first-order valence-electron chi connectivity index (χ1n) is 9.93. The fraction of sp³-hybridized carbons (Fsp3) is 0.208. The Kier molecular flexibility index (Phi) is 6.53. The lowest BCUT2D eigenvalue weighted by molar-refractivity contribution is -0.118. The summed E-state index contributed by atoms with van der Waals surface area (Å²) in [6.07, 6.45) is 0. The molecule has 0 bridgehead atoms. The van der Waals surface area contributed by atoms with Crippen molar-refractivity contribution < 1.29 is 9.53 Å². The fourth-order valence-electron chi connectivity index (χ4n) is 3.56. The maximum absolute atomic E-state index is 12.3. The Morgan fingerprint density at radius 1 is 1.03 bits per heavy atom. The molecule has 0 unspecified atom stereocenters. The van der Waals surface area contributed by atoms with E-state index in [1.54, 1.807) is 11.8 Å². The third-order valence-electron chi connectivity index (χ3n) is 4.84. The average Bonchev–Trinajstić information content (AvgIpc) is 3.18. The van der Waals surface area contributed by atoms with E-state index in [1.165, 1.54) is 33.2 Å². The van der Waals surface area contributed by atoms with Gasteiger partial charge in [0.15, 0.2) is 10.9 Å². The van der Waals surface area contributed by atoms with Crippen molar-refractivity contribution in [3.63, 3.8) is 0 Å². The van der Waals surface area contributed by atoms with Crippen molar-refractivity contribution in [2.24, 2.45) is 0 Å². The highest BCUT2D eigenvalue weighted by Gasteiger charge is 2.12. The second-order valence-corrected chi connectivity index (χ2v) is 9.56. The van der Waals surface area contributed by atoms with E-state index in [-0.39, 0.29) is 12.5 Å². The van der Waals surface area contributed by atoms with Gasteiger partial charge >= 0.3 is 0 Å². The molecule has 0 radical (unpaired) electrons.